The summed E-state index contributed by atoms with van der Waals surface area (Å²) in [5.74, 6) is 0. The number of anilines is 2. The molecular weight excluding hydrogens is 200 g/mol. The van der Waals surface area contributed by atoms with Crippen molar-refractivity contribution in [1.29, 1.82) is 0 Å². The van der Waals surface area contributed by atoms with Crippen LogP contribution in [0.3, 0.4) is 0 Å². The normalized spacial score (nSPS) is 10.1. The molecule has 0 aliphatic carbocycles. The lowest BCUT2D eigenvalue weighted by molar-refractivity contribution is 0.981. The quantitative estimate of drug-likeness (QED) is 0.822. The van der Waals surface area contributed by atoms with E-state index in [0.29, 0.717) is 0 Å². The summed E-state index contributed by atoms with van der Waals surface area (Å²) in [7, 11) is 4.07. The van der Waals surface area contributed by atoms with Crippen molar-refractivity contribution in [2.24, 2.45) is 0 Å². The molecule has 4 heteroatoms. The lowest BCUT2D eigenvalue weighted by Crippen LogP contribution is -2.09. The Morgan fingerprint density at radius 1 is 1.31 bits per heavy atom. The Labute approximate surface area is 95.3 Å². The SMILES string of the molecule is CN(C)c1cccc(NCc2ccn[nH]2)c1. The molecule has 1 heterocycles. The molecule has 2 aromatic rings. The number of hydrogen-bond donors (Lipinski definition) is 2. The zero-order valence-corrected chi connectivity index (χ0v) is 9.57. The molecule has 0 fully saturated rings. The van der Waals surface area contributed by atoms with Crippen molar-refractivity contribution in [3.8, 4) is 0 Å². The fourth-order valence-corrected chi connectivity index (χ4v) is 1.47. The van der Waals surface area contributed by atoms with Crippen LogP contribution in [0.25, 0.3) is 0 Å². The molecule has 1 aromatic heterocycles. The highest BCUT2D eigenvalue weighted by Gasteiger charge is 1.98. The Bertz CT molecular complexity index is 434. The third-order valence-electron chi connectivity index (χ3n) is 2.40. The predicted molar refractivity (Wildman–Crippen MR) is 66.7 cm³/mol. The van der Waals surface area contributed by atoms with E-state index in [4.69, 9.17) is 0 Å². The van der Waals surface area contributed by atoms with E-state index in [1.807, 2.05) is 26.2 Å². The highest BCUT2D eigenvalue weighted by Crippen LogP contribution is 2.17. The van der Waals surface area contributed by atoms with E-state index in [2.05, 4.69) is 38.6 Å². The first-order valence-corrected chi connectivity index (χ1v) is 5.25. The van der Waals surface area contributed by atoms with Crippen molar-refractivity contribution < 1.29 is 0 Å². The highest BCUT2D eigenvalue weighted by atomic mass is 15.1. The van der Waals surface area contributed by atoms with Gasteiger partial charge in [0.05, 0.1) is 12.2 Å². The van der Waals surface area contributed by atoms with Gasteiger partial charge in [-0.05, 0) is 24.3 Å². The molecule has 1 aromatic carbocycles. The van der Waals surface area contributed by atoms with Crippen LogP contribution in [-0.2, 0) is 6.54 Å². The molecule has 0 aliphatic rings. The standard InChI is InChI=1S/C12H16N4/c1-16(2)12-5-3-4-10(8-12)13-9-11-6-7-14-15-11/h3-8,13H,9H2,1-2H3,(H,14,15). The smallest absolute Gasteiger partial charge is 0.0567 e. The van der Waals surface area contributed by atoms with Crippen LogP contribution in [0, 0.1) is 0 Å². The topological polar surface area (TPSA) is 44.0 Å². The number of hydrogen-bond acceptors (Lipinski definition) is 3. The second-order valence-corrected chi connectivity index (χ2v) is 3.88. The van der Waals surface area contributed by atoms with E-state index in [1.165, 1.54) is 5.69 Å². The Kier molecular flexibility index (Phi) is 3.10. The van der Waals surface area contributed by atoms with E-state index in [0.717, 1.165) is 17.9 Å². The zero-order chi connectivity index (χ0) is 11.4. The van der Waals surface area contributed by atoms with Gasteiger partial charge in [0.1, 0.15) is 0 Å². The number of nitrogens with one attached hydrogen (secondary N) is 2. The molecule has 0 amide bonds. The molecular formula is C12H16N4. The number of aromatic amines is 1. The molecule has 4 nitrogen and oxygen atoms in total. The van der Waals surface area contributed by atoms with E-state index in [-0.39, 0.29) is 0 Å². The van der Waals surface area contributed by atoms with Crippen LogP contribution in [0.15, 0.2) is 36.5 Å². The summed E-state index contributed by atoms with van der Waals surface area (Å²) in [5.41, 5.74) is 3.38. The fraction of sp³-hybridized carbons (Fsp3) is 0.250. The summed E-state index contributed by atoms with van der Waals surface area (Å²) in [6.45, 7) is 0.761. The number of aromatic nitrogens is 2. The molecule has 0 aliphatic heterocycles. The zero-order valence-electron chi connectivity index (χ0n) is 9.57. The largest absolute Gasteiger partial charge is 0.379 e. The van der Waals surface area contributed by atoms with Crippen LogP contribution < -0.4 is 10.2 Å². The molecule has 0 atom stereocenters. The van der Waals surface area contributed by atoms with Gasteiger partial charge < -0.3 is 10.2 Å². The van der Waals surface area contributed by atoms with Gasteiger partial charge in [0.25, 0.3) is 0 Å². The Balaban J connectivity index is 2.01. The van der Waals surface area contributed by atoms with Crippen molar-refractivity contribution in [1.82, 2.24) is 10.2 Å². The fourth-order valence-electron chi connectivity index (χ4n) is 1.47. The van der Waals surface area contributed by atoms with Crippen LogP contribution in [0.4, 0.5) is 11.4 Å². The summed E-state index contributed by atoms with van der Waals surface area (Å²) < 4.78 is 0. The first kappa shape index (κ1) is 10.5. The third-order valence-corrected chi connectivity index (χ3v) is 2.40. The van der Waals surface area contributed by atoms with Crippen molar-refractivity contribution in [3.05, 3.63) is 42.2 Å². The van der Waals surface area contributed by atoms with Gasteiger partial charge in [-0.2, -0.15) is 5.10 Å². The van der Waals surface area contributed by atoms with E-state index in [9.17, 15) is 0 Å². The van der Waals surface area contributed by atoms with Gasteiger partial charge in [0, 0.05) is 31.7 Å². The van der Waals surface area contributed by atoms with Crippen molar-refractivity contribution in [2.45, 2.75) is 6.54 Å². The molecule has 0 bridgehead atoms. The molecule has 0 radical (unpaired) electrons. The second kappa shape index (κ2) is 4.70. The van der Waals surface area contributed by atoms with Gasteiger partial charge in [0.15, 0.2) is 0 Å². The average Bonchev–Trinajstić information content (AvgIpc) is 2.79. The van der Waals surface area contributed by atoms with E-state index >= 15 is 0 Å². The van der Waals surface area contributed by atoms with Gasteiger partial charge in [-0.25, -0.2) is 0 Å². The van der Waals surface area contributed by atoms with Gasteiger partial charge >= 0.3 is 0 Å². The number of benzene rings is 1. The van der Waals surface area contributed by atoms with Crippen LogP contribution in [0.1, 0.15) is 5.69 Å². The predicted octanol–water partition coefficient (Wildman–Crippen LogP) is 2.09. The maximum atomic E-state index is 3.91. The minimum atomic E-state index is 0.761. The van der Waals surface area contributed by atoms with Gasteiger partial charge in [-0.3, -0.25) is 5.10 Å². The lowest BCUT2D eigenvalue weighted by Gasteiger charge is -2.14. The number of H-pyrrole nitrogens is 1. The summed E-state index contributed by atoms with van der Waals surface area (Å²) in [6.07, 6.45) is 1.76. The van der Waals surface area contributed by atoms with Crippen molar-refractivity contribution in [3.63, 3.8) is 0 Å². The monoisotopic (exact) mass is 216 g/mol. The van der Waals surface area contributed by atoms with Crippen LogP contribution >= 0.6 is 0 Å². The summed E-state index contributed by atoms with van der Waals surface area (Å²) in [5, 5.41) is 10.2. The Morgan fingerprint density at radius 2 is 2.19 bits per heavy atom. The number of nitrogens with zero attached hydrogens (tertiary/aromatic N) is 2. The lowest BCUT2D eigenvalue weighted by atomic mass is 10.2. The number of rotatable bonds is 4. The van der Waals surface area contributed by atoms with Gasteiger partial charge in [-0.15, -0.1) is 0 Å². The minimum Gasteiger partial charge on any atom is -0.379 e. The molecule has 84 valence electrons. The molecule has 0 spiro atoms. The summed E-state index contributed by atoms with van der Waals surface area (Å²) >= 11 is 0. The van der Waals surface area contributed by atoms with Crippen LogP contribution in [-0.4, -0.2) is 24.3 Å². The van der Waals surface area contributed by atoms with Gasteiger partial charge in [-0.1, -0.05) is 6.07 Å². The van der Waals surface area contributed by atoms with Crippen molar-refractivity contribution in [2.75, 3.05) is 24.3 Å². The second-order valence-electron chi connectivity index (χ2n) is 3.88. The molecule has 0 saturated heterocycles. The Morgan fingerprint density at radius 3 is 2.88 bits per heavy atom. The molecule has 0 saturated carbocycles. The summed E-state index contributed by atoms with van der Waals surface area (Å²) in [6, 6.07) is 10.3. The van der Waals surface area contributed by atoms with Crippen molar-refractivity contribution >= 4 is 11.4 Å². The summed E-state index contributed by atoms with van der Waals surface area (Å²) in [4.78, 5) is 2.08. The first-order chi connectivity index (χ1) is 7.75. The third kappa shape index (κ3) is 2.53. The maximum Gasteiger partial charge on any atom is 0.0567 e. The van der Waals surface area contributed by atoms with Crippen LogP contribution in [0.2, 0.25) is 0 Å². The van der Waals surface area contributed by atoms with Crippen LogP contribution in [0.5, 0.6) is 0 Å². The van der Waals surface area contributed by atoms with E-state index < -0.39 is 0 Å². The maximum absolute atomic E-state index is 3.91. The molecule has 2 N–H and O–H groups in total. The minimum absolute atomic E-state index is 0.761. The molecule has 16 heavy (non-hydrogen) atoms. The first-order valence-electron chi connectivity index (χ1n) is 5.25. The molecule has 0 unspecified atom stereocenters. The highest BCUT2D eigenvalue weighted by molar-refractivity contribution is 5.57. The average molecular weight is 216 g/mol. The molecule has 2 rings (SSSR count). The Hall–Kier alpha value is -1.97. The van der Waals surface area contributed by atoms with E-state index in [1.54, 1.807) is 6.20 Å². The van der Waals surface area contributed by atoms with Gasteiger partial charge in [0.2, 0.25) is 0 Å².